The van der Waals surface area contributed by atoms with Crippen LogP contribution in [0.4, 0.5) is 0 Å². The Labute approximate surface area is 102 Å². The lowest BCUT2D eigenvalue weighted by Crippen LogP contribution is -2.29. The maximum atomic E-state index is 3.62. The molecule has 0 amide bonds. The van der Waals surface area contributed by atoms with Crippen LogP contribution in [0.25, 0.3) is 0 Å². The van der Waals surface area contributed by atoms with Crippen molar-refractivity contribution in [1.82, 2.24) is 10.6 Å². The highest BCUT2D eigenvalue weighted by molar-refractivity contribution is 4.67. The summed E-state index contributed by atoms with van der Waals surface area (Å²) in [5, 5.41) is 7.07. The molecule has 1 aliphatic rings. The van der Waals surface area contributed by atoms with Gasteiger partial charge in [-0.1, -0.05) is 39.5 Å². The van der Waals surface area contributed by atoms with E-state index in [2.05, 4.69) is 24.5 Å². The molecular weight excluding hydrogens is 196 g/mol. The Hall–Kier alpha value is -0.0800. The molecule has 2 heteroatoms. The molecule has 0 aromatic heterocycles. The van der Waals surface area contributed by atoms with Crippen molar-refractivity contribution >= 4 is 0 Å². The maximum Gasteiger partial charge on any atom is 0.00103 e. The minimum atomic E-state index is 0.627. The van der Waals surface area contributed by atoms with Crippen LogP contribution >= 0.6 is 0 Å². The second kappa shape index (κ2) is 9.00. The van der Waals surface area contributed by atoms with Gasteiger partial charge in [0.2, 0.25) is 0 Å². The number of hydrogen-bond donors (Lipinski definition) is 2. The molecule has 16 heavy (non-hydrogen) atoms. The molecule has 1 rings (SSSR count). The van der Waals surface area contributed by atoms with Crippen molar-refractivity contribution in [2.24, 2.45) is 5.92 Å². The molecule has 0 aromatic carbocycles. The molecule has 0 spiro atoms. The third-order valence-electron chi connectivity index (χ3n) is 3.49. The van der Waals surface area contributed by atoms with Crippen molar-refractivity contribution in [1.29, 1.82) is 0 Å². The molecule has 2 nitrogen and oxygen atoms in total. The van der Waals surface area contributed by atoms with Gasteiger partial charge in [-0.2, -0.15) is 0 Å². The van der Waals surface area contributed by atoms with E-state index in [9.17, 15) is 0 Å². The van der Waals surface area contributed by atoms with Crippen LogP contribution in [0.5, 0.6) is 0 Å². The monoisotopic (exact) mass is 226 g/mol. The average Bonchev–Trinajstić information content (AvgIpc) is 2.51. The van der Waals surface area contributed by atoms with Crippen LogP contribution < -0.4 is 10.6 Å². The molecule has 0 aliphatic heterocycles. The number of nitrogens with one attached hydrogen (secondary N) is 2. The zero-order valence-corrected chi connectivity index (χ0v) is 11.2. The number of rotatable bonds is 7. The van der Waals surface area contributed by atoms with Gasteiger partial charge >= 0.3 is 0 Å². The van der Waals surface area contributed by atoms with Gasteiger partial charge in [-0.05, 0) is 44.8 Å². The lowest BCUT2D eigenvalue weighted by Gasteiger charge is -2.15. The molecule has 0 radical (unpaired) electrons. The lowest BCUT2D eigenvalue weighted by molar-refractivity contribution is 0.421. The zero-order chi connectivity index (χ0) is 11.6. The van der Waals surface area contributed by atoms with E-state index in [1.54, 1.807) is 0 Å². The van der Waals surface area contributed by atoms with Gasteiger partial charge in [-0.15, -0.1) is 0 Å². The van der Waals surface area contributed by atoms with Crippen LogP contribution in [0.2, 0.25) is 0 Å². The SMILES string of the molecule is CC(C)NCCCNCC1CCCCCC1. The van der Waals surface area contributed by atoms with Gasteiger partial charge in [0.25, 0.3) is 0 Å². The topological polar surface area (TPSA) is 24.1 Å². The van der Waals surface area contributed by atoms with Crippen molar-refractivity contribution in [2.45, 2.75) is 64.8 Å². The van der Waals surface area contributed by atoms with E-state index in [1.807, 2.05) is 0 Å². The normalized spacial score (nSPS) is 18.9. The van der Waals surface area contributed by atoms with E-state index in [0.29, 0.717) is 6.04 Å². The highest BCUT2D eigenvalue weighted by Gasteiger charge is 2.10. The minimum Gasteiger partial charge on any atom is -0.316 e. The molecule has 0 saturated heterocycles. The first-order valence-corrected chi connectivity index (χ1v) is 7.23. The summed E-state index contributed by atoms with van der Waals surface area (Å²) in [4.78, 5) is 0. The van der Waals surface area contributed by atoms with Gasteiger partial charge in [-0.25, -0.2) is 0 Å². The van der Waals surface area contributed by atoms with E-state index >= 15 is 0 Å². The Balaban J connectivity index is 1.89. The van der Waals surface area contributed by atoms with Gasteiger partial charge in [0, 0.05) is 6.04 Å². The quantitative estimate of drug-likeness (QED) is 0.515. The molecular formula is C14H30N2. The van der Waals surface area contributed by atoms with E-state index in [1.165, 1.54) is 58.0 Å². The second-order valence-electron chi connectivity index (χ2n) is 5.52. The predicted octanol–water partition coefficient (Wildman–Crippen LogP) is 2.93. The van der Waals surface area contributed by atoms with Gasteiger partial charge in [-0.3, -0.25) is 0 Å². The molecule has 0 aromatic rings. The molecule has 0 atom stereocenters. The second-order valence-corrected chi connectivity index (χ2v) is 5.52. The first-order valence-electron chi connectivity index (χ1n) is 7.23. The molecule has 0 unspecified atom stereocenters. The van der Waals surface area contributed by atoms with Crippen molar-refractivity contribution in [2.75, 3.05) is 19.6 Å². The lowest BCUT2D eigenvalue weighted by atomic mass is 10.0. The molecule has 1 fully saturated rings. The molecule has 96 valence electrons. The highest BCUT2D eigenvalue weighted by atomic mass is 14.9. The largest absolute Gasteiger partial charge is 0.316 e. The van der Waals surface area contributed by atoms with Gasteiger partial charge < -0.3 is 10.6 Å². The van der Waals surface area contributed by atoms with E-state index in [-0.39, 0.29) is 0 Å². The predicted molar refractivity (Wildman–Crippen MR) is 71.8 cm³/mol. The summed E-state index contributed by atoms with van der Waals surface area (Å²) in [6.07, 6.45) is 10.0. The zero-order valence-electron chi connectivity index (χ0n) is 11.2. The molecule has 1 saturated carbocycles. The molecule has 2 N–H and O–H groups in total. The summed E-state index contributed by atoms with van der Waals surface area (Å²) in [5.74, 6) is 0.959. The summed E-state index contributed by atoms with van der Waals surface area (Å²) in [6.45, 7) is 7.99. The van der Waals surface area contributed by atoms with Crippen LogP contribution in [-0.4, -0.2) is 25.7 Å². The van der Waals surface area contributed by atoms with Crippen LogP contribution in [0.15, 0.2) is 0 Å². The van der Waals surface area contributed by atoms with Gasteiger partial charge in [0.1, 0.15) is 0 Å². The smallest absolute Gasteiger partial charge is 0.00103 e. The van der Waals surface area contributed by atoms with Gasteiger partial charge in [0.05, 0.1) is 0 Å². The summed E-state index contributed by atoms with van der Waals surface area (Å²) in [7, 11) is 0. The Morgan fingerprint density at radius 3 is 2.31 bits per heavy atom. The fourth-order valence-corrected chi connectivity index (χ4v) is 2.48. The molecule has 1 aliphatic carbocycles. The fraction of sp³-hybridized carbons (Fsp3) is 1.00. The first-order chi connectivity index (χ1) is 7.79. The maximum absolute atomic E-state index is 3.62. The Morgan fingerprint density at radius 2 is 1.69 bits per heavy atom. The molecule has 0 heterocycles. The van der Waals surface area contributed by atoms with E-state index in [4.69, 9.17) is 0 Å². The highest BCUT2D eigenvalue weighted by Crippen LogP contribution is 2.21. The van der Waals surface area contributed by atoms with Crippen LogP contribution in [-0.2, 0) is 0 Å². The van der Waals surface area contributed by atoms with E-state index in [0.717, 1.165) is 12.5 Å². The van der Waals surface area contributed by atoms with Crippen LogP contribution in [0.1, 0.15) is 58.8 Å². The van der Waals surface area contributed by atoms with Crippen molar-refractivity contribution < 1.29 is 0 Å². The van der Waals surface area contributed by atoms with Crippen molar-refractivity contribution in [3.63, 3.8) is 0 Å². The Kier molecular flexibility index (Phi) is 7.87. The summed E-state index contributed by atoms with van der Waals surface area (Å²) in [5.41, 5.74) is 0. The minimum absolute atomic E-state index is 0.627. The number of hydrogen-bond acceptors (Lipinski definition) is 2. The summed E-state index contributed by atoms with van der Waals surface area (Å²) in [6, 6.07) is 0.627. The molecule has 0 bridgehead atoms. The van der Waals surface area contributed by atoms with E-state index < -0.39 is 0 Å². The summed E-state index contributed by atoms with van der Waals surface area (Å²) >= 11 is 0. The standard InChI is InChI=1S/C14H30N2/c1-13(2)16-11-7-10-15-12-14-8-5-3-4-6-9-14/h13-16H,3-12H2,1-2H3. The Morgan fingerprint density at radius 1 is 1.00 bits per heavy atom. The van der Waals surface area contributed by atoms with Gasteiger partial charge in [0.15, 0.2) is 0 Å². The summed E-state index contributed by atoms with van der Waals surface area (Å²) < 4.78 is 0. The fourth-order valence-electron chi connectivity index (χ4n) is 2.48. The third kappa shape index (κ3) is 7.24. The van der Waals surface area contributed by atoms with Crippen molar-refractivity contribution in [3.05, 3.63) is 0 Å². The average molecular weight is 226 g/mol. The van der Waals surface area contributed by atoms with Crippen LogP contribution in [0.3, 0.4) is 0 Å². The third-order valence-corrected chi connectivity index (χ3v) is 3.49. The Bertz CT molecular complexity index is 149. The van der Waals surface area contributed by atoms with Crippen LogP contribution in [0, 0.1) is 5.92 Å². The van der Waals surface area contributed by atoms with Crippen molar-refractivity contribution in [3.8, 4) is 0 Å². The first kappa shape index (κ1) is 14.0.